The Morgan fingerprint density at radius 2 is 1.81 bits per heavy atom. The molecule has 1 aromatic rings. The second-order valence-corrected chi connectivity index (χ2v) is 6.27. The van der Waals surface area contributed by atoms with Crippen LogP contribution in [-0.4, -0.2) is 31.2 Å². The highest BCUT2D eigenvalue weighted by Gasteiger charge is 2.20. The molecule has 0 spiro atoms. The molecule has 0 bridgehead atoms. The van der Waals surface area contributed by atoms with E-state index in [1.165, 1.54) is 4.90 Å². The molecule has 1 unspecified atom stereocenters. The lowest BCUT2D eigenvalue weighted by Crippen LogP contribution is -2.46. The van der Waals surface area contributed by atoms with Crippen molar-refractivity contribution in [2.24, 2.45) is 5.92 Å². The molecule has 0 aromatic heterocycles. The van der Waals surface area contributed by atoms with Gasteiger partial charge in [0.05, 0.1) is 6.42 Å². The number of carbonyl (C=O) groups excluding carboxylic acids is 2. The average molecular weight is 308 g/mol. The number of benzene rings is 1. The molecule has 0 aliphatic heterocycles. The summed E-state index contributed by atoms with van der Waals surface area (Å²) in [7, 11) is 1.59. The fourth-order valence-corrected chi connectivity index (χ4v) is 2.46. The number of hydrogen-bond acceptors (Lipinski definition) is 3. The summed E-state index contributed by atoms with van der Waals surface area (Å²) < 4.78 is 0. The first-order valence-corrected chi connectivity index (χ1v) is 8.32. The summed E-state index contributed by atoms with van der Waals surface area (Å²) in [6, 6.07) is 7.42. The van der Waals surface area contributed by atoms with E-state index >= 15 is 0 Å². The third-order valence-corrected chi connectivity index (χ3v) is 3.87. The molecule has 21 heavy (non-hydrogen) atoms. The first-order chi connectivity index (χ1) is 9.96. The van der Waals surface area contributed by atoms with Gasteiger partial charge in [-0.2, -0.15) is 0 Å². The first kappa shape index (κ1) is 17.6. The number of carbonyl (C=O) groups is 2. The summed E-state index contributed by atoms with van der Waals surface area (Å²) >= 11 is 1.67. The highest BCUT2D eigenvalue weighted by atomic mass is 32.2. The van der Waals surface area contributed by atoms with Crippen molar-refractivity contribution >= 4 is 23.6 Å². The van der Waals surface area contributed by atoms with Crippen molar-refractivity contribution in [3.05, 3.63) is 29.8 Å². The smallest absolute Gasteiger partial charge is 0.242 e. The second-order valence-electron chi connectivity index (χ2n) is 5.39. The monoisotopic (exact) mass is 308 g/mol. The maximum Gasteiger partial charge on any atom is 0.242 e. The molecule has 4 nitrogen and oxygen atoms in total. The third kappa shape index (κ3) is 6.21. The fourth-order valence-electron chi connectivity index (χ4n) is 2.05. The van der Waals surface area contributed by atoms with Crippen molar-refractivity contribution in [2.75, 3.05) is 13.3 Å². The minimum atomic E-state index is -0.465. The van der Waals surface area contributed by atoms with Crippen LogP contribution in [0.4, 0.5) is 0 Å². The Morgan fingerprint density at radius 1 is 1.19 bits per heavy atom. The van der Waals surface area contributed by atoms with Crippen molar-refractivity contribution in [1.82, 2.24) is 10.6 Å². The number of nitrogens with one attached hydrogen (secondary N) is 2. The summed E-state index contributed by atoms with van der Waals surface area (Å²) in [6.07, 6.45) is 2.94. The zero-order valence-corrected chi connectivity index (χ0v) is 13.9. The van der Waals surface area contributed by atoms with Crippen LogP contribution < -0.4 is 10.6 Å². The van der Waals surface area contributed by atoms with Gasteiger partial charge in [-0.05, 0) is 36.3 Å². The molecule has 0 saturated carbocycles. The largest absolute Gasteiger partial charge is 0.357 e. The molecule has 0 saturated heterocycles. The predicted octanol–water partition coefficient (Wildman–Crippen LogP) is 2.23. The minimum absolute atomic E-state index is 0.124. The standard InChI is InChI=1S/C16H24N2O2S/c1-11(2)9-14(16(20)17-3)18-15(19)10-12-5-7-13(21-4)8-6-12/h5-8,11,14H,9-10H2,1-4H3,(H,17,20)(H,18,19). The fraction of sp³-hybridized carbons (Fsp3) is 0.500. The molecule has 0 fully saturated rings. The molecule has 1 rings (SSSR count). The van der Waals surface area contributed by atoms with Crippen LogP contribution in [0.1, 0.15) is 25.8 Å². The summed E-state index contributed by atoms with van der Waals surface area (Å²) in [4.78, 5) is 25.0. The first-order valence-electron chi connectivity index (χ1n) is 7.10. The molecule has 0 radical (unpaired) electrons. The average Bonchev–Trinajstić information content (AvgIpc) is 2.46. The van der Waals surface area contributed by atoms with Gasteiger partial charge in [0, 0.05) is 11.9 Å². The lowest BCUT2D eigenvalue weighted by atomic mass is 10.0. The lowest BCUT2D eigenvalue weighted by molar-refractivity contribution is -0.128. The van der Waals surface area contributed by atoms with E-state index in [2.05, 4.69) is 10.6 Å². The van der Waals surface area contributed by atoms with E-state index < -0.39 is 6.04 Å². The van der Waals surface area contributed by atoms with Crippen LogP contribution in [0.15, 0.2) is 29.2 Å². The van der Waals surface area contributed by atoms with Gasteiger partial charge in [-0.25, -0.2) is 0 Å². The molecule has 2 amide bonds. The second kappa shape index (κ2) is 8.72. The SMILES string of the molecule is CNC(=O)C(CC(C)C)NC(=O)Cc1ccc(SC)cc1. The van der Waals surface area contributed by atoms with E-state index in [4.69, 9.17) is 0 Å². The molecule has 2 N–H and O–H groups in total. The van der Waals surface area contributed by atoms with Crippen molar-refractivity contribution in [3.63, 3.8) is 0 Å². The van der Waals surface area contributed by atoms with Gasteiger partial charge in [0.15, 0.2) is 0 Å². The van der Waals surface area contributed by atoms with Crippen LogP contribution in [0.5, 0.6) is 0 Å². The van der Waals surface area contributed by atoms with Crippen LogP contribution in [0.2, 0.25) is 0 Å². The Kier molecular flexibility index (Phi) is 7.29. The van der Waals surface area contributed by atoms with Gasteiger partial charge in [0.2, 0.25) is 11.8 Å². The Balaban J connectivity index is 2.61. The van der Waals surface area contributed by atoms with Crippen molar-refractivity contribution in [3.8, 4) is 0 Å². The molecule has 1 aromatic carbocycles. The van der Waals surface area contributed by atoms with Gasteiger partial charge in [-0.3, -0.25) is 9.59 Å². The van der Waals surface area contributed by atoms with Gasteiger partial charge >= 0.3 is 0 Å². The van der Waals surface area contributed by atoms with Crippen LogP contribution in [0, 0.1) is 5.92 Å². The summed E-state index contributed by atoms with van der Waals surface area (Å²) in [5.74, 6) is 0.0735. The lowest BCUT2D eigenvalue weighted by Gasteiger charge is -2.19. The summed E-state index contributed by atoms with van der Waals surface area (Å²) in [5.41, 5.74) is 0.950. The minimum Gasteiger partial charge on any atom is -0.357 e. The van der Waals surface area contributed by atoms with Crippen LogP contribution in [0.3, 0.4) is 0 Å². The number of likely N-dealkylation sites (N-methyl/N-ethyl adjacent to an activating group) is 1. The van der Waals surface area contributed by atoms with Gasteiger partial charge < -0.3 is 10.6 Å². The topological polar surface area (TPSA) is 58.2 Å². The van der Waals surface area contributed by atoms with E-state index in [1.54, 1.807) is 18.8 Å². The number of rotatable bonds is 7. The molecule has 0 heterocycles. The Labute approximate surface area is 131 Å². The molecule has 1 atom stereocenters. The van der Waals surface area contributed by atoms with Crippen LogP contribution >= 0.6 is 11.8 Å². The van der Waals surface area contributed by atoms with Crippen molar-refractivity contribution in [1.29, 1.82) is 0 Å². The maximum absolute atomic E-state index is 12.1. The number of hydrogen-bond donors (Lipinski definition) is 2. The highest BCUT2D eigenvalue weighted by Crippen LogP contribution is 2.15. The summed E-state index contributed by atoms with van der Waals surface area (Å²) in [5, 5.41) is 5.42. The van der Waals surface area contributed by atoms with Gasteiger partial charge in [0.1, 0.15) is 6.04 Å². The van der Waals surface area contributed by atoms with E-state index in [0.29, 0.717) is 18.8 Å². The van der Waals surface area contributed by atoms with Gasteiger partial charge in [-0.15, -0.1) is 11.8 Å². The quantitative estimate of drug-likeness (QED) is 0.760. The summed E-state index contributed by atoms with van der Waals surface area (Å²) in [6.45, 7) is 4.06. The molecule has 5 heteroatoms. The van der Waals surface area contributed by atoms with Gasteiger partial charge in [-0.1, -0.05) is 26.0 Å². The molecule has 0 aliphatic rings. The van der Waals surface area contributed by atoms with E-state index in [0.717, 1.165) is 5.56 Å². The number of amides is 2. The zero-order valence-electron chi connectivity index (χ0n) is 13.1. The van der Waals surface area contributed by atoms with Crippen LogP contribution in [-0.2, 0) is 16.0 Å². The number of thioether (sulfide) groups is 1. The van der Waals surface area contributed by atoms with E-state index in [1.807, 2.05) is 44.4 Å². The Bertz CT molecular complexity index is 472. The Hall–Kier alpha value is -1.49. The predicted molar refractivity (Wildman–Crippen MR) is 87.4 cm³/mol. The van der Waals surface area contributed by atoms with E-state index in [9.17, 15) is 9.59 Å². The molecule has 116 valence electrons. The highest BCUT2D eigenvalue weighted by molar-refractivity contribution is 7.98. The molecule has 0 aliphatic carbocycles. The third-order valence-electron chi connectivity index (χ3n) is 3.13. The normalized spacial score (nSPS) is 12.0. The zero-order chi connectivity index (χ0) is 15.8. The molecular formula is C16H24N2O2S. The van der Waals surface area contributed by atoms with Gasteiger partial charge in [0.25, 0.3) is 0 Å². The molecular weight excluding hydrogens is 284 g/mol. The maximum atomic E-state index is 12.1. The van der Waals surface area contributed by atoms with Crippen LogP contribution in [0.25, 0.3) is 0 Å². The Morgan fingerprint density at radius 3 is 2.29 bits per heavy atom. The van der Waals surface area contributed by atoms with Crippen molar-refractivity contribution < 1.29 is 9.59 Å². The van der Waals surface area contributed by atoms with E-state index in [-0.39, 0.29) is 11.8 Å². The van der Waals surface area contributed by atoms with Crippen molar-refractivity contribution in [2.45, 2.75) is 37.6 Å².